The van der Waals surface area contributed by atoms with Crippen molar-refractivity contribution >= 4 is 16.0 Å². The third-order valence-electron chi connectivity index (χ3n) is 2.83. The third-order valence-corrected chi connectivity index (χ3v) is 4.68. The molecule has 106 valence electrons. The molecule has 0 spiro atoms. The van der Waals surface area contributed by atoms with Crippen molar-refractivity contribution in [1.29, 1.82) is 0 Å². The summed E-state index contributed by atoms with van der Waals surface area (Å²) in [5.41, 5.74) is 1.17. The second kappa shape index (κ2) is 7.25. The van der Waals surface area contributed by atoms with Gasteiger partial charge in [-0.3, -0.25) is 4.79 Å². The average Bonchev–Trinajstić information content (AvgIpc) is 2.37. The summed E-state index contributed by atoms with van der Waals surface area (Å²) in [6, 6.07) is 9.83. The standard InChI is InChI=1S/C13H19NO4S/c1-14(19(17,18)11-9-13(15)16)10-5-8-12-6-3-2-4-7-12/h2-4,6-7H,5,8-11H2,1H3,(H,15,16). The number of carboxylic acids is 1. The van der Waals surface area contributed by atoms with Gasteiger partial charge in [0.25, 0.3) is 0 Å². The first kappa shape index (κ1) is 15.7. The highest BCUT2D eigenvalue weighted by Gasteiger charge is 2.18. The maximum atomic E-state index is 11.7. The molecule has 0 bridgehead atoms. The van der Waals surface area contributed by atoms with E-state index in [2.05, 4.69) is 0 Å². The molecule has 0 saturated carbocycles. The Morgan fingerprint density at radius 3 is 2.47 bits per heavy atom. The molecular formula is C13H19NO4S. The number of carbonyl (C=O) groups is 1. The van der Waals surface area contributed by atoms with E-state index < -0.39 is 16.0 Å². The van der Waals surface area contributed by atoms with Gasteiger partial charge in [-0.15, -0.1) is 0 Å². The van der Waals surface area contributed by atoms with E-state index in [0.29, 0.717) is 13.0 Å². The van der Waals surface area contributed by atoms with Crippen LogP contribution in [0.3, 0.4) is 0 Å². The number of benzene rings is 1. The minimum Gasteiger partial charge on any atom is -0.481 e. The summed E-state index contributed by atoms with van der Waals surface area (Å²) in [5, 5.41) is 8.50. The molecule has 19 heavy (non-hydrogen) atoms. The van der Waals surface area contributed by atoms with Gasteiger partial charge >= 0.3 is 5.97 Å². The Morgan fingerprint density at radius 1 is 1.26 bits per heavy atom. The van der Waals surface area contributed by atoms with Crippen LogP contribution >= 0.6 is 0 Å². The molecule has 0 aliphatic carbocycles. The van der Waals surface area contributed by atoms with Crippen LogP contribution in [-0.4, -0.2) is 43.1 Å². The summed E-state index contributed by atoms with van der Waals surface area (Å²) in [5.74, 6) is -1.44. The zero-order valence-electron chi connectivity index (χ0n) is 10.9. The fourth-order valence-corrected chi connectivity index (χ4v) is 2.81. The third kappa shape index (κ3) is 5.85. The van der Waals surface area contributed by atoms with Gasteiger partial charge in [-0.2, -0.15) is 0 Å². The number of hydrogen-bond acceptors (Lipinski definition) is 3. The van der Waals surface area contributed by atoms with Gasteiger partial charge in [-0.25, -0.2) is 12.7 Å². The first-order valence-corrected chi connectivity index (χ1v) is 7.72. The largest absolute Gasteiger partial charge is 0.481 e. The van der Waals surface area contributed by atoms with Crippen LogP contribution in [0.5, 0.6) is 0 Å². The number of aliphatic carboxylic acids is 1. The molecule has 0 amide bonds. The molecule has 0 unspecified atom stereocenters. The van der Waals surface area contributed by atoms with Gasteiger partial charge in [0.1, 0.15) is 0 Å². The van der Waals surface area contributed by atoms with Gasteiger partial charge < -0.3 is 5.11 Å². The molecule has 1 rings (SSSR count). The number of nitrogens with zero attached hydrogens (tertiary/aromatic N) is 1. The number of carboxylic acid groups (broad SMARTS) is 1. The van der Waals surface area contributed by atoms with Crippen molar-refractivity contribution in [3.63, 3.8) is 0 Å². The number of sulfonamides is 1. The van der Waals surface area contributed by atoms with Gasteiger partial charge in [0.05, 0.1) is 12.2 Å². The predicted octanol–water partition coefficient (Wildman–Crippen LogP) is 1.36. The lowest BCUT2D eigenvalue weighted by Gasteiger charge is -2.16. The topological polar surface area (TPSA) is 74.7 Å². The minimum atomic E-state index is -3.46. The molecule has 0 aliphatic heterocycles. The Morgan fingerprint density at radius 2 is 1.89 bits per heavy atom. The van der Waals surface area contributed by atoms with Gasteiger partial charge in [0.15, 0.2) is 0 Å². The van der Waals surface area contributed by atoms with E-state index in [-0.39, 0.29) is 12.2 Å². The van der Waals surface area contributed by atoms with Crippen LogP contribution in [0.1, 0.15) is 18.4 Å². The molecular weight excluding hydrogens is 266 g/mol. The number of hydrogen-bond donors (Lipinski definition) is 1. The summed E-state index contributed by atoms with van der Waals surface area (Å²) < 4.78 is 24.7. The first-order chi connectivity index (χ1) is 8.92. The van der Waals surface area contributed by atoms with Crippen LogP contribution in [0.25, 0.3) is 0 Å². The molecule has 6 heteroatoms. The molecule has 0 radical (unpaired) electrons. The van der Waals surface area contributed by atoms with Crippen molar-refractivity contribution in [3.8, 4) is 0 Å². The zero-order chi connectivity index (χ0) is 14.3. The summed E-state index contributed by atoms with van der Waals surface area (Å²) in [7, 11) is -1.97. The van der Waals surface area contributed by atoms with Gasteiger partial charge in [-0.1, -0.05) is 30.3 Å². The summed E-state index contributed by atoms with van der Waals surface area (Å²) >= 11 is 0. The van der Waals surface area contributed by atoms with Crippen molar-refractivity contribution in [1.82, 2.24) is 4.31 Å². The minimum absolute atomic E-state index is 0.343. The van der Waals surface area contributed by atoms with Crippen LogP contribution < -0.4 is 0 Å². The Kier molecular flexibility index (Phi) is 5.98. The molecule has 0 saturated heterocycles. The number of aryl methyl sites for hydroxylation is 1. The monoisotopic (exact) mass is 285 g/mol. The smallest absolute Gasteiger partial charge is 0.304 e. The van der Waals surface area contributed by atoms with Crippen LogP contribution in [0.15, 0.2) is 30.3 Å². The van der Waals surface area contributed by atoms with Crippen molar-refractivity contribution in [2.45, 2.75) is 19.3 Å². The van der Waals surface area contributed by atoms with Crippen LogP contribution in [0.2, 0.25) is 0 Å². The van der Waals surface area contributed by atoms with E-state index in [1.54, 1.807) is 0 Å². The molecule has 0 heterocycles. The highest BCUT2D eigenvalue weighted by atomic mass is 32.2. The highest BCUT2D eigenvalue weighted by Crippen LogP contribution is 2.06. The fraction of sp³-hybridized carbons (Fsp3) is 0.462. The van der Waals surface area contributed by atoms with E-state index in [4.69, 9.17) is 5.11 Å². The molecule has 0 aliphatic rings. The van der Waals surface area contributed by atoms with E-state index in [1.165, 1.54) is 16.9 Å². The van der Waals surface area contributed by atoms with E-state index in [0.717, 1.165) is 6.42 Å². The Hall–Kier alpha value is -1.40. The van der Waals surface area contributed by atoms with Gasteiger partial charge in [0.2, 0.25) is 10.0 Å². The second-order valence-electron chi connectivity index (χ2n) is 4.37. The van der Waals surface area contributed by atoms with Crippen LogP contribution in [-0.2, 0) is 21.2 Å². The lowest BCUT2D eigenvalue weighted by atomic mass is 10.1. The normalized spacial score (nSPS) is 11.7. The zero-order valence-corrected chi connectivity index (χ0v) is 11.8. The average molecular weight is 285 g/mol. The summed E-state index contributed by atoms with van der Waals surface area (Å²) in [4.78, 5) is 10.4. The van der Waals surface area contributed by atoms with Crippen molar-refractivity contribution in [3.05, 3.63) is 35.9 Å². The maximum absolute atomic E-state index is 11.7. The quantitative estimate of drug-likeness (QED) is 0.782. The first-order valence-electron chi connectivity index (χ1n) is 6.11. The SMILES string of the molecule is CN(CCCc1ccccc1)S(=O)(=O)CCC(=O)O. The second-order valence-corrected chi connectivity index (χ2v) is 6.57. The fourth-order valence-electron chi connectivity index (χ4n) is 1.66. The van der Waals surface area contributed by atoms with E-state index >= 15 is 0 Å². The molecule has 5 nitrogen and oxygen atoms in total. The summed E-state index contributed by atoms with van der Waals surface area (Å²) in [6.07, 6.45) is 1.16. The van der Waals surface area contributed by atoms with E-state index in [1.807, 2.05) is 30.3 Å². The highest BCUT2D eigenvalue weighted by molar-refractivity contribution is 7.89. The Labute approximate surface area is 113 Å². The van der Waals surface area contributed by atoms with E-state index in [9.17, 15) is 13.2 Å². The van der Waals surface area contributed by atoms with Crippen molar-refractivity contribution in [2.24, 2.45) is 0 Å². The van der Waals surface area contributed by atoms with Crippen LogP contribution in [0, 0.1) is 0 Å². The van der Waals surface area contributed by atoms with Crippen molar-refractivity contribution < 1.29 is 18.3 Å². The van der Waals surface area contributed by atoms with Gasteiger partial charge in [0, 0.05) is 13.6 Å². The van der Waals surface area contributed by atoms with Crippen molar-refractivity contribution in [2.75, 3.05) is 19.3 Å². The molecule has 1 aromatic rings. The summed E-state index contributed by atoms with van der Waals surface area (Å²) in [6.45, 7) is 0.400. The van der Waals surface area contributed by atoms with Crippen LogP contribution in [0.4, 0.5) is 0 Å². The van der Waals surface area contributed by atoms with Gasteiger partial charge in [-0.05, 0) is 18.4 Å². The lowest BCUT2D eigenvalue weighted by Crippen LogP contribution is -2.31. The predicted molar refractivity (Wildman–Crippen MR) is 73.4 cm³/mol. The number of rotatable bonds is 8. The molecule has 1 aromatic carbocycles. The Balaban J connectivity index is 2.38. The molecule has 0 fully saturated rings. The Bertz CT molecular complexity index is 499. The lowest BCUT2D eigenvalue weighted by molar-refractivity contribution is -0.136. The maximum Gasteiger partial charge on any atom is 0.304 e. The molecule has 0 atom stereocenters. The molecule has 0 aromatic heterocycles. The molecule has 1 N–H and O–H groups in total.